The Kier molecular flexibility index (Phi) is 3.47. The monoisotopic (exact) mass is 302 g/mol. The molecule has 1 aliphatic heterocycles. The highest BCUT2D eigenvalue weighted by molar-refractivity contribution is 7.92. The summed E-state index contributed by atoms with van der Waals surface area (Å²) >= 11 is 0. The molecule has 3 rings (SSSR count). The first kappa shape index (κ1) is 13.8. The van der Waals surface area contributed by atoms with Gasteiger partial charge in [-0.05, 0) is 42.0 Å². The Hall–Kier alpha value is -2.21. The summed E-state index contributed by atoms with van der Waals surface area (Å²) in [5.41, 5.74) is 1.98. The molecule has 0 bridgehead atoms. The summed E-state index contributed by atoms with van der Waals surface area (Å²) in [6.07, 6.45) is 0.727. The van der Waals surface area contributed by atoms with Gasteiger partial charge in [0.05, 0.1) is 24.2 Å². The second kappa shape index (κ2) is 5.29. The van der Waals surface area contributed by atoms with Gasteiger partial charge in [0.25, 0.3) is 10.0 Å². The van der Waals surface area contributed by atoms with Crippen molar-refractivity contribution < 1.29 is 13.2 Å². The Bertz CT molecular complexity index is 772. The van der Waals surface area contributed by atoms with Crippen LogP contribution in [0.3, 0.4) is 0 Å². The van der Waals surface area contributed by atoms with Crippen molar-refractivity contribution in [1.29, 1.82) is 0 Å². The number of rotatable bonds is 4. The Morgan fingerprint density at radius 2 is 1.90 bits per heavy atom. The molecule has 2 aromatic carbocycles. The lowest BCUT2D eigenvalue weighted by molar-refractivity contribution is 0.356. The van der Waals surface area contributed by atoms with Gasteiger partial charge in [-0.2, -0.15) is 0 Å². The third-order valence-corrected chi connectivity index (χ3v) is 4.63. The fourth-order valence-electron chi connectivity index (χ4n) is 2.22. The summed E-state index contributed by atoms with van der Waals surface area (Å²) in [5, 5.41) is 2.48. The molecule has 2 N–H and O–H groups in total. The van der Waals surface area contributed by atoms with E-state index in [4.69, 9.17) is 11.8 Å². The zero-order valence-corrected chi connectivity index (χ0v) is 12.0. The molecule has 0 fully saturated rings. The van der Waals surface area contributed by atoms with Gasteiger partial charge in [-0.3, -0.25) is 4.72 Å². The number of fused-ring (bicyclic) bond motifs is 1. The molecular weight excluding hydrogens is 288 g/mol. The molecule has 0 amide bonds. The van der Waals surface area contributed by atoms with Crippen molar-refractivity contribution in [2.75, 3.05) is 16.6 Å². The molecule has 2 radical (unpaired) electrons. The van der Waals surface area contributed by atoms with Gasteiger partial charge in [-0.1, -0.05) is 6.07 Å². The molecule has 21 heavy (non-hydrogen) atoms. The molecule has 0 unspecified atom stereocenters. The van der Waals surface area contributed by atoms with Crippen molar-refractivity contribution in [1.82, 2.24) is 0 Å². The van der Waals surface area contributed by atoms with Crippen LogP contribution in [0.25, 0.3) is 0 Å². The molecule has 1 heterocycles. The number of anilines is 2. The van der Waals surface area contributed by atoms with E-state index < -0.39 is 10.0 Å². The van der Waals surface area contributed by atoms with E-state index in [1.165, 1.54) is 6.07 Å². The third-order valence-electron chi connectivity index (χ3n) is 3.25. The predicted octanol–water partition coefficient (Wildman–Crippen LogP) is 2.50. The van der Waals surface area contributed by atoms with Crippen LogP contribution in [0.1, 0.15) is 5.56 Å². The first-order chi connectivity index (χ1) is 10.1. The quantitative estimate of drug-likeness (QED) is 0.852. The van der Waals surface area contributed by atoms with Crippen molar-refractivity contribution in [3.8, 4) is 5.75 Å². The molecule has 1 aliphatic rings. The van der Waals surface area contributed by atoms with E-state index in [0.717, 1.165) is 17.7 Å². The standard InChI is InChI=1S/C15H14N2O3S/c1-16-12-3-2-4-13(10-12)17-21(18,19)14-5-6-15-11(9-14)7-8-20-15/h1-6,9-10,16-17H,7-8H2. The van der Waals surface area contributed by atoms with Crippen LogP contribution in [0.5, 0.6) is 5.75 Å². The van der Waals surface area contributed by atoms with Gasteiger partial charge in [0, 0.05) is 12.1 Å². The molecule has 108 valence electrons. The van der Waals surface area contributed by atoms with Gasteiger partial charge in [0.15, 0.2) is 0 Å². The normalized spacial score (nSPS) is 13.4. The Morgan fingerprint density at radius 3 is 2.71 bits per heavy atom. The maximum atomic E-state index is 12.4. The van der Waals surface area contributed by atoms with E-state index in [-0.39, 0.29) is 4.90 Å². The minimum Gasteiger partial charge on any atom is -0.493 e. The summed E-state index contributed by atoms with van der Waals surface area (Å²) in [7, 11) is 1.68. The first-order valence-corrected chi connectivity index (χ1v) is 7.92. The molecule has 0 spiro atoms. The zero-order valence-electron chi connectivity index (χ0n) is 11.2. The average molecular weight is 302 g/mol. The van der Waals surface area contributed by atoms with E-state index in [9.17, 15) is 8.42 Å². The highest BCUT2D eigenvalue weighted by Crippen LogP contribution is 2.28. The maximum absolute atomic E-state index is 12.4. The molecule has 0 aromatic heterocycles. The lowest BCUT2D eigenvalue weighted by Crippen LogP contribution is -2.13. The average Bonchev–Trinajstić information content (AvgIpc) is 2.94. The van der Waals surface area contributed by atoms with E-state index in [0.29, 0.717) is 18.0 Å². The van der Waals surface area contributed by atoms with E-state index in [1.807, 2.05) is 0 Å². The fraction of sp³-hybridized carbons (Fsp3) is 0.133. The summed E-state index contributed by atoms with van der Waals surface area (Å²) in [5.74, 6) is 0.753. The van der Waals surface area contributed by atoms with Crippen molar-refractivity contribution >= 4 is 21.4 Å². The fourth-order valence-corrected chi connectivity index (χ4v) is 3.32. The Balaban J connectivity index is 1.89. The summed E-state index contributed by atoms with van der Waals surface area (Å²) in [6, 6.07) is 11.6. The summed E-state index contributed by atoms with van der Waals surface area (Å²) in [6.45, 7) is 0.594. The highest BCUT2D eigenvalue weighted by atomic mass is 32.2. The van der Waals surface area contributed by atoms with Gasteiger partial charge < -0.3 is 10.1 Å². The van der Waals surface area contributed by atoms with Crippen LogP contribution in [0.15, 0.2) is 47.4 Å². The SMILES string of the molecule is [CH]Nc1cccc(NS(=O)(=O)c2ccc3c(c2)CCO3)c1. The molecule has 0 aliphatic carbocycles. The third kappa shape index (κ3) is 2.80. The van der Waals surface area contributed by atoms with Crippen LogP contribution in [0.2, 0.25) is 0 Å². The minimum absolute atomic E-state index is 0.220. The Morgan fingerprint density at radius 1 is 1.10 bits per heavy atom. The molecule has 5 nitrogen and oxygen atoms in total. The van der Waals surface area contributed by atoms with E-state index in [2.05, 4.69) is 10.0 Å². The predicted molar refractivity (Wildman–Crippen MR) is 80.8 cm³/mol. The van der Waals surface area contributed by atoms with Gasteiger partial charge in [0.1, 0.15) is 5.75 Å². The molecule has 0 atom stereocenters. The van der Waals surface area contributed by atoms with Crippen molar-refractivity contribution in [2.45, 2.75) is 11.3 Å². The second-order valence-corrected chi connectivity index (χ2v) is 6.38. The minimum atomic E-state index is -3.63. The topological polar surface area (TPSA) is 67.4 Å². The number of nitrogens with one attached hydrogen (secondary N) is 2. The van der Waals surface area contributed by atoms with Gasteiger partial charge in [0.2, 0.25) is 0 Å². The molecule has 6 heteroatoms. The number of hydrogen-bond acceptors (Lipinski definition) is 4. The molecule has 2 aromatic rings. The van der Waals surface area contributed by atoms with E-state index in [1.54, 1.807) is 36.4 Å². The first-order valence-electron chi connectivity index (χ1n) is 6.44. The number of ether oxygens (including phenoxy) is 1. The molecule has 0 saturated heterocycles. The van der Waals surface area contributed by atoms with Gasteiger partial charge in [-0.25, -0.2) is 8.42 Å². The van der Waals surface area contributed by atoms with Crippen LogP contribution in [-0.2, 0) is 16.4 Å². The molecular formula is C15H14N2O3S. The van der Waals surface area contributed by atoms with Crippen molar-refractivity contribution in [2.24, 2.45) is 0 Å². The van der Waals surface area contributed by atoms with E-state index >= 15 is 0 Å². The lowest BCUT2D eigenvalue weighted by atomic mass is 10.2. The van der Waals surface area contributed by atoms with Gasteiger partial charge >= 0.3 is 0 Å². The summed E-state index contributed by atoms with van der Waals surface area (Å²) in [4.78, 5) is 0.220. The Labute approximate surface area is 124 Å². The molecule has 0 saturated carbocycles. The lowest BCUT2D eigenvalue weighted by Gasteiger charge is -2.10. The van der Waals surface area contributed by atoms with Crippen LogP contribution in [0, 0.1) is 7.05 Å². The zero-order chi connectivity index (χ0) is 14.9. The van der Waals surface area contributed by atoms with Crippen LogP contribution >= 0.6 is 0 Å². The van der Waals surface area contributed by atoms with Crippen LogP contribution < -0.4 is 14.8 Å². The van der Waals surface area contributed by atoms with Crippen LogP contribution in [-0.4, -0.2) is 15.0 Å². The highest BCUT2D eigenvalue weighted by Gasteiger charge is 2.19. The number of sulfonamides is 1. The van der Waals surface area contributed by atoms with Gasteiger partial charge in [-0.15, -0.1) is 0 Å². The number of hydrogen-bond donors (Lipinski definition) is 2. The van der Waals surface area contributed by atoms with Crippen LogP contribution in [0.4, 0.5) is 11.4 Å². The van der Waals surface area contributed by atoms with Crippen molar-refractivity contribution in [3.63, 3.8) is 0 Å². The number of benzene rings is 2. The summed E-state index contributed by atoms with van der Waals surface area (Å²) < 4.78 is 32.7. The second-order valence-electron chi connectivity index (χ2n) is 4.70. The van der Waals surface area contributed by atoms with Crippen molar-refractivity contribution in [3.05, 3.63) is 55.1 Å². The largest absolute Gasteiger partial charge is 0.493 e. The smallest absolute Gasteiger partial charge is 0.261 e. The maximum Gasteiger partial charge on any atom is 0.261 e.